The fourth-order valence-electron chi connectivity index (χ4n) is 2.34. The van der Waals surface area contributed by atoms with E-state index in [0.717, 1.165) is 17.7 Å². The highest BCUT2D eigenvalue weighted by molar-refractivity contribution is 7.99. The summed E-state index contributed by atoms with van der Waals surface area (Å²) in [6.07, 6.45) is 1.58. The van der Waals surface area contributed by atoms with Crippen molar-refractivity contribution in [3.8, 4) is 0 Å². The predicted octanol–water partition coefficient (Wildman–Crippen LogP) is 4.92. The molecule has 1 atom stereocenters. The van der Waals surface area contributed by atoms with Crippen LogP contribution in [0.1, 0.15) is 43.0 Å². The highest BCUT2D eigenvalue weighted by Gasteiger charge is 2.09. The Morgan fingerprint density at radius 2 is 1.74 bits per heavy atom. The first-order valence-corrected chi connectivity index (χ1v) is 9.14. The van der Waals surface area contributed by atoms with E-state index in [0.29, 0.717) is 6.42 Å². The number of nitrogens with one attached hydrogen (secondary N) is 1. The molecule has 1 unspecified atom stereocenters. The molecule has 2 nitrogen and oxygen atoms in total. The summed E-state index contributed by atoms with van der Waals surface area (Å²) >= 11 is 1.72. The summed E-state index contributed by atoms with van der Waals surface area (Å²) in [6.45, 7) is 6.26. The van der Waals surface area contributed by atoms with E-state index in [1.807, 2.05) is 6.92 Å². The summed E-state index contributed by atoms with van der Waals surface area (Å²) < 4.78 is 0. The van der Waals surface area contributed by atoms with Gasteiger partial charge in [0, 0.05) is 17.1 Å². The second-order valence-corrected chi connectivity index (χ2v) is 6.96. The molecule has 1 N–H and O–H groups in total. The molecule has 3 heteroatoms. The normalized spacial score (nSPS) is 12.0. The molecule has 2 rings (SSSR count). The van der Waals surface area contributed by atoms with E-state index in [4.69, 9.17) is 0 Å². The molecule has 0 bridgehead atoms. The van der Waals surface area contributed by atoms with Gasteiger partial charge in [-0.05, 0) is 43.5 Å². The lowest BCUT2D eigenvalue weighted by molar-refractivity contribution is -0.121. The predicted molar refractivity (Wildman–Crippen MR) is 98.9 cm³/mol. The fourth-order valence-corrected chi connectivity index (χ4v) is 3.19. The summed E-state index contributed by atoms with van der Waals surface area (Å²) in [5.74, 6) is 0.910. The second kappa shape index (κ2) is 8.78. The van der Waals surface area contributed by atoms with Crippen molar-refractivity contribution in [2.24, 2.45) is 0 Å². The van der Waals surface area contributed by atoms with Crippen molar-refractivity contribution in [3.05, 3.63) is 65.2 Å². The van der Waals surface area contributed by atoms with Crippen LogP contribution < -0.4 is 5.32 Å². The number of thioether (sulfide) groups is 1. The molecule has 2 aromatic rings. The molecule has 0 saturated carbocycles. The first-order chi connectivity index (χ1) is 11.1. The van der Waals surface area contributed by atoms with Crippen LogP contribution in [0.5, 0.6) is 0 Å². The Labute approximate surface area is 143 Å². The number of rotatable bonds is 7. The molecule has 122 valence electrons. The Morgan fingerprint density at radius 3 is 2.35 bits per heavy atom. The van der Waals surface area contributed by atoms with Gasteiger partial charge in [0.2, 0.25) is 5.91 Å². The quantitative estimate of drug-likeness (QED) is 0.732. The third-order valence-corrected chi connectivity index (χ3v) is 4.90. The maximum absolute atomic E-state index is 12.1. The number of benzene rings is 2. The maximum Gasteiger partial charge on any atom is 0.221 e. The molecule has 23 heavy (non-hydrogen) atoms. The molecule has 0 spiro atoms. The van der Waals surface area contributed by atoms with Gasteiger partial charge in [-0.2, -0.15) is 0 Å². The first kappa shape index (κ1) is 17.6. The van der Waals surface area contributed by atoms with Crippen LogP contribution in [0, 0.1) is 6.92 Å². The van der Waals surface area contributed by atoms with Crippen molar-refractivity contribution in [2.75, 3.05) is 5.75 Å². The van der Waals surface area contributed by atoms with Crippen molar-refractivity contribution in [3.63, 3.8) is 0 Å². The smallest absolute Gasteiger partial charge is 0.221 e. The summed E-state index contributed by atoms with van der Waals surface area (Å²) in [4.78, 5) is 13.3. The van der Waals surface area contributed by atoms with Gasteiger partial charge in [-0.1, -0.05) is 48.9 Å². The fraction of sp³-hybridized carbons (Fsp3) is 0.350. The average Bonchev–Trinajstić information content (AvgIpc) is 2.56. The SMILES string of the molecule is CCc1ccc(C(C)NC(=O)CCSc2ccc(C)cc2)cc1. The molecule has 0 fully saturated rings. The van der Waals surface area contributed by atoms with Gasteiger partial charge in [-0.25, -0.2) is 0 Å². The Kier molecular flexibility index (Phi) is 6.72. The van der Waals surface area contributed by atoms with Gasteiger partial charge in [-0.15, -0.1) is 11.8 Å². The Hall–Kier alpha value is -1.74. The van der Waals surface area contributed by atoms with Gasteiger partial charge in [0.25, 0.3) is 0 Å². The van der Waals surface area contributed by atoms with Gasteiger partial charge < -0.3 is 5.32 Å². The van der Waals surface area contributed by atoms with Gasteiger partial charge in [0.15, 0.2) is 0 Å². The summed E-state index contributed by atoms with van der Waals surface area (Å²) in [5, 5.41) is 3.08. The molecular weight excluding hydrogens is 302 g/mol. The van der Waals surface area contributed by atoms with E-state index in [9.17, 15) is 4.79 Å². The van der Waals surface area contributed by atoms with Crippen molar-refractivity contribution in [2.45, 2.75) is 44.6 Å². The van der Waals surface area contributed by atoms with Crippen LogP contribution in [0.2, 0.25) is 0 Å². The Bertz CT molecular complexity index is 619. The lowest BCUT2D eigenvalue weighted by Crippen LogP contribution is -2.26. The minimum atomic E-state index is 0.0535. The van der Waals surface area contributed by atoms with Crippen LogP contribution in [-0.2, 0) is 11.2 Å². The van der Waals surface area contributed by atoms with Crippen LogP contribution in [0.15, 0.2) is 53.4 Å². The molecule has 0 aliphatic rings. The van der Waals surface area contributed by atoms with E-state index >= 15 is 0 Å². The Balaban J connectivity index is 1.76. The maximum atomic E-state index is 12.1. The molecule has 2 aromatic carbocycles. The average molecular weight is 327 g/mol. The number of aryl methyl sites for hydroxylation is 2. The zero-order valence-corrected chi connectivity index (χ0v) is 15.0. The minimum absolute atomic E-state index is 0.0535. The standard InChI is InChI=1S/C20H25NOS/c1-4-17-7-9-18(10-8-17)16(3)21-20(22)13-14-23-19-11-5-15(2)6-12-19/h5-12,16H,4,13-14H2,1-3H3,(H,21,22). The lowest BCUT2D eigenvalue weighted by atomic mass is 10.0. The topological polar surface area (TPSA) is 29.1 Å². The molecule has 1 amide bonds. The second-order valence-electron chi connectivity index (χ2n) is 5.80. The molecule has 0 aliphatic heterocycles. The Morgan fingerprint density at radius 1 is 1.09 bits per heavy atom. The van der Waals surface area contributed by atoms with Crippen LogP contribution in [-0.4, -0.2) is 11.7 Å². The van der Waals surface area contributed by atoms with Crippen LogP contribution >= 0.6 is 11.8 Å². The molecule has 0 heterocycles. The van der Waals surface area contributed by atoms with Crippen LogP contribution in [0.25, 0.3) is 0 Å². The van der Waals surface area contributed by atoms with Crippen molar-refractivity contribution in [1.82, 2.24) is 5.32 Å². The van der Waals surface area contributed by atoms with Gasteiger partial charge in [0.1, 0.15) is 0 Å². The monoisotopic (exact) mass is 327 g/mol. The van der Waals surface area contributed by atoms with Crippen molar-refractivity contribution >= 4 is 17.7 Å². The molecule has 0 radical (unpaired) electrons. The molecule has 0 aliphatic carbocycles. The highest BCUT2D eigenvalue weighted by atomic mass is 32.2. The number of hydrogen-bond acceptors (Lipinski definition) is 2. The summed E-state index contributed by atoms with van der Waals surface area (Å²) in [5.41, 5.74) is 3.73. The highest BCUT2D eigenvalue weighted by Crippen LogP contribution is 2.19. The third-order valence-electron chi connectivity index (χ3n) is 3.88. The molecule has 0 saturated heterocycles. The van der Waals surface area contributed by atoms with Crippen molar-refractivity contribution in [1.29, 1.82) is 0 Å². The van der Waals surface area contributed by atoms with Gasteiger partial charge in [-0.3, -0.25) is 4.79 Å². The van der Waals surface area contributed by atoms with E-state index < -0.39 is 0 Å². The largest absolute Gasteiger partial charge is 0.350 e. The van der Waals surface area contributed by atoms with E-state index in [-0.39, 0.29) is 11.9 Å². The number of carbonyl (C=O) groups excluding carboxylic acids is 1. The molecular formula is C20H25NOS. The van der Waals surface area contributed by atoms with Gasteiger partial charge >= 0.3 is 0 Å². The van der Waals surface area contributed by atoms with E-state index in [1.165, 1.54) is 16.0 Å². The van der Waals surface area contributed by atoms with Crippen LogP contribution in [0.4, 0.5) is 0 Å². The summed E-state index contributed by atoms with van der Waals surface area (Å²) in [6, 6.07) is 16.9. The van der Waals surface area contributed by atoms with Gasteiger partial charge in [0.05, 0.1) is 6.04 Å². The molecule has 0 aromatic heterocycles. The third kappa shape index (κ3) is 5.76. The first-order valence-electron chi connectivity index (χ1n) is 8.16. The zero-order chi connectivity index (χ0) is 16.7. The lowest BCUT2D eigenvalue weighted by Gasteiger charge is -2.14. The zero-order valence-electron chi connectivity index (χ0n) is 14.1. The van der Waals surface area contributed by atoms with Crippen LogP contribution in [0.3, 0.4) is 0 Å². The number of hydrogen-bond donors (Lipinski definition) is 1. The number of carbonyl (C=O) groups is 1. The minimum Gasteiger partial charge on any atom is -0.350 e. The van der Waals surface area contributed by atoms with E-state index in [1.54, 1.807) is 11.8 Å². The van der Waals surface area contributed by atoms with Crippen molar-refractivity contribution < 1.29 is 4.79 Å². The summed E-state index contributed by atoms with van der Waals surface area (Å²) in [7, 11) is 0. The van der Waals surface area contributed by atoms with E-state index in [2.05, 4.69) is 67.7 Å². The number of amides is 1.